The molecule has 0 unspecified atom stereocenters. The second-order valence-electron chi connectivity index (χ2n) is 3.67. The lowest BCUT2D eigenvalue weighted by atomic mass is 9.89. The predicted molar refractivity (Wildman–Crippen MR) is 48.0 cm³/mol. The summed E-state index contributed by atoms with van der Waals surface area (Å²) < 4.78 is 30.5. The molecule has 0 atom stereocenters. The van der Waals surface area contributed by atoms with Crippen LogP contribution in [-0.2, 0) is 4.74 Å². The van der Waals surface area contributed by atoms with Gasteiger partial charge in [-0.2, -0.15) is 0 Å². The summed E-state index contributed by atoms with van der Waals surface area (Å²) in [5.41, 5.74) is 2.28. The zero-order valence-corrected chi connectivity index (χ0v) is 8.20. The van der Waals surface area contributed by atoms with Crippen molar-refractivity contribution in [3.63, 3.8) is 0 Å². The Bertz CT molecular complexity index is 197. The van der Waals surface area contributed by atoms with Crippen LogP contribution in [0.1, 0.15) is 32.6 Å². The van der Waals surface area contributed by atoms with E-state index in [0.717, 1.165) is 11.1 Å². The molecule has 0 bridgehead atoms. The van der Waals surface area contributed by atoms with Crippen LogP contribution in [0.5, 0.6) is 0 Å². The fourth-order valence-electron chi connectivity index (χ4n) is 1.66. The number of hydrogen-bond acceptors (Lipinski definition) is 1. The smallest absolute Gasteiger partial charge is 0.248 e. The van der Waals surface area contributed by atoms with Crippen LogP contribution in [0.2, 0.25) is 0 Å². The van der Waals surface area contributed by atoms with Crippen molar-refractivity contribution in [1.29, 1.82) is 0 Å². The fourth-order valence-corrected chi connectivity index (χ4v) is 1.66. The Morgan fingerprint density at radius 3 is 2.38 bits per heavy atom. The molecule has 0 aromatic carbocycles. The van der Waals surface area contributed by atoms with Gasteiger partial charge < -0.3 is 4.74 Å². The minimum Gasteiger partial charge on any atom is -0.380 e. The van der Waals surface area contributed by atoms with E-state index in [2.05, 4.69) is 0 Å². The van der Waals surface area contributed by atoms with Crippen molar-refractivity contribution in [1.82, 2.24) is 0 Å². The summed E-state index contributed by atoms with van der Waals surface area (Å²) >= 11 is 0. The molecule has 0 spiro atoms. The lowest BCUT2D eigenvalue weighted by Gasteiger charge is -2.24. The fraction of sp³-hybridized carbons (Fsp3) is 0.800. The van der Waals surface area contributed by atoms with E-state index in [9.17, 15) is 8.78 Å². The summed E-state index contributed by atoms with van der Waals surface area (Å²) in [7, 11) is 1.63. The molecule has 0 aliphatic heterocycles. The Labute approximate surface area is 77.8 Å². The molecule has 0 N–H and O–H groups in total. The SMILES string of the molecule is COCC(C)=C1CCC(F)(F)CC1. The minimum atomic E-state index is -2.43. The molecular weight excluding hydrogens is 174 g/mol. The van der Waals surface area contributed by atoms with E-state index >= 15 is 0 Å². The number of hydrogen-bond donors (Lipinski definition) is 0. The van der Waals surface area contributed by atoms with Gasteiger partial charge in [-0.15, -0.1) is 0 Å². The average Bonchev–Trinajstić information content (AvgIpc) is 2.04. The molecule has 1 rings (SSSR count). The van der Waals surface area contributed by atoms with Crippen LogP contribution < -0.4 is 0 Å². The largest absolute Gasteiger partial charge is 0.380 e. The van der Waals surface area contributed by atoms with Gasteiger partial charge in [0.25, 0.3) is 0 Å². The zero-order valence-electron chi connectivity index (χ0n) is 8.20. The summed E-state index contributed by atoms with van der Waals surface area (Å²) in [6.45, 7) is 2.53. The summed E-state index contributed by atoms with van der Waals surface area (Å²) in [6.07, 6.45) is 1.07. The molecule has 0 aromatic rings. The van der Waals surface area contributed by atoms with Crippen LogP contribution in [0.15, 0.2) is 11.1 Å². The number of methoxy groups -OCH3 is 1. The Balaban J connectivity index is 2.53. The van der Waals surface area contributed by atoms with Gasteiger partial charge in [0.2, 0.25) is 5.92 Å². The van der Waals surface area contributed by atoms with Gasteiger partial charge in [-0.3, -0.25) is 0 Å². The van der Waals surface area contributed by atoms with Gasteiger partial charge in [-0.1, -0.05) is 5.57 Å². The molecule has 0 saturated heterocycles. The molecule has 76 valence electrons. The van der Waals surface area contributed by atoms with Crippen molar-refractivity contribution in [2.24, 2.45) is 0 Å². The summed E-state index contributed by atoms with van der Waals surface area (Å²) in [5, 5.41) is 0. The van der Waals surface area contributed by atoms with E-state index in [4.69, 9.17) is 4.74 Å². The van der Waals surface area contributed by atoms with Crippen molar-refractivity contribution >= 4 is 0 Å². The Hall–Kier alpha value is -0.440. The number of alkyl halides is 2. The maximum atomic E-state index is 12.8. The van der Waals surface area contributed by atoms with E-state index in [1.807, 2.05) is 6.92 Å². The molecule has 1 nitrogen and oxygen atoms in total. The van der Waals surface area contributed by atoms with Gasteiger partial charge in [-0.25, -0.2) is 8.78 Å². The summed E-state index contributed by atoms with van der Waals surface area (Å²) in [5.74, 6) is -2.43. The molecule has 0 heterocycles. The molecule has 1 fully saturated rings. The lowest BCUT2D eigenvalue weighted by molar-refractivity contribution is -0.0249. The molecule has 0 amide bonds. The third-order valence-electron chi connectivity index (χ3n) is 2.55. The second-order valence-corrected chi connectivity index (χ2v) is 3.67. The molecular formula is C10H16F2O. The second kappa shape index (κ2) is 4.18. The highest BCUT2D eigenvalue weighted by Crippen LogP contribution is 2.36. The van der Waals surface area contributed by atoms with Crippen LogP contribution >= 0.6 is 0 Å². The van der Waals surface area contributed by atoms with Gasteiger partial charge in [0.05, 0.1) is 6.61 Å². The molecule has 0 aromatic heterocycles. The van der Waals surface area contributed by atoms with E-state index in [1.165, 1.54) is 0 Å². The van der Waals surface area contributed by atoms with Gasteiger partial charge >= 0.3 is 0 Å². The normalized spacial score (nSPS) is 21.7. The van der Waals surface area contributed by atoms with Crippen molar-refractivity contribution in [3.8, 4) is 0 Å². The molecule has 1 saturated carbocycles. The molecule has 1 aliphatic carbocycles. The quantitative estimate of drug-likeness (QED) is 0.608. The molecule has 0 radical (unpaired) electrons. The summed E-state index contributed by atoms with van der Waals surface area (Å²) in [4.78, 5) is 0. The first-order chi connectivity index (χ1) is 6.05. The first kappa shape index (κ1) is 10.6. The van der Waals surface area contributed by atoms with Gasteiger partial charge in [0, 0.05) is 20.0 Å². The third-order valence-corrected chi connectivity index (χ3v) is 2.55. The van der Waals surface area contributed by atoms with Crippen LogP contribution in [0.25, 0.3) is 0 Å². The van der Waals surface area contributed by atoms with Crippen molar-refractivity contribution in [3.05, 3.63) is 11.1 Å². The zero-order chi connectivity index (χ0) is 9.90. The van der Waals surface area contributed by atoms with Crippen LogP contribution in [0, 0.1) is 0 Å². The van der Waals surface area contributed by atoms with Crippen LogP contribution in [-0.4, -0.2) is 19.6 Å². The lowest BCUT2D eigenvalue weighted by Crippen LogP contribution is -2.21. The van der Waals surface area contributed by atoms with E-state index < -0.39 is 5.92 Å². The Morgan fingerprint density at radius 2 is 1.92 bits per heavy atom. The van der Waals surface area contributed by atoms with Crippen molar-refractivity contribution in [2.45, 2.75) is 38.5 Å². The Kier molecular flexibility index (Phi) is 3.42. The molecule has 13 heavy (non-hydrogen) atoms. The topological polar surface area (TPSA) is 9.23 Å². The van der Waals surface area contributed by atoms with Gasteiger partial charge in [0.15, 0.2) is 0 Å². The number of allylic oxidation sites excluding steroid dienone is 1. The maximum Gasteiger partial charge on any atom is 0.248 e. The molecule has 3 heteroatoms. The maximum absolute atomic E-state index is 12.8. The number of rotatable bonds is 2. The van der Waals surface area contributed by atoms with Crippen LogP contribution in [0.4, 0.5) is 8.78 Å². The third kappa shape index (κ3) is 3.07. The standard InChI is InChI=1S/C10H16F2O/c1-8(7-13-2)9-3-5-10(11,12)6-4-9/h3-7H2,1-2H3. The first-order valence-corrected chi connectivity index (χ1v) is 4.59. The summed E-state index contributed by atoms with van der Waals surface area (Å²) in [6, 6.07) is 0. The van der Waals surface area contributed by atoms with Crippen molar-refractivity contribution < 1.29 is 13.5 Å². The highest BCUT2D eigenvalue weighted by Gasteiger charge is 2.32. The first-order valence-electron chi connectivity index (χ1n) is 4.59. The van der Waals surface area contributed by atoms with Gasteiger partial charge in [-0.05, 0) is 25.3 Å². The minimum absolute atomic E-state index is 0.00336. The molecule has 1 aliphatic rings. The van der Waals surface area contributed by atoms with E-state index in [0.29, 0.717) is 19.4 Å². The predicted octanol–water partition coefficient (Wildman–Crippen LogP) is 3.16. The highest BCUT2D eigenvalue weighted by molar-refractivity contribution is 5.15. The number of halogens is 2. The Morgan fingerprint density at radius 1 is 1.38 bits per heavy atom. The monoisotopic (exact) mass is 190 g/mol. The average molecular weight is 190 g/mol. The number of ether oxygens (including phenoxy) is 1. The van der Waals surface area contributed by atoms with Crippen molar-refractivity contribution in [2.75, 3.05) is 13.7 Å². The van der Waals surface area contributed by atoms with Crippen LogP contribution in [0.3, 0.4) is 0 Å². The highest BCUT2D eigenvalue weighted by atomic mass is 19.3. The van der Waals surface area contributed by atoms with E-state index in [1.54, 1.807) is 7.11 Å². The van der Waals surface area contributed by atoms with E-state index in [-0.39, 0.29) is 12.8 Å². The van der Waals surface area contributed by atoms with Gasteiger partial charge in [0.1, 0.15) is 0 Å².